The Hall–Kier alpha value is -1.69. The molecule has 1 rings (SSSR count). The number of hydrogen-bond acceptors (Lipinski definition) is 4. The van der Waals surface area contributed by atoms with E-state index in [9.17, 15) is 9.59 Å². The van der Waals surface area contributed by atoms with Crippen molar-refractivity contribution in [1.82, 2.24) is 0 Å². The van der Waals surface area contributed by atoms with Gasteiger partial charge in [-0.25, -0.2) is 4.79 Å². The molecule has 0 atom stereocenters. The summed E-state index contributed by atoms with van der Waals surface area (Å²) in [5.41, 5.74) is 1.98. The van der Waals surface area contributed by atoms with Gasteiger partial charge >= 0.3 is 11.9 Å². The van der Waals surface area contributed by atoms with E-state index < -0.39 is 0 Å². The minimum atomic E-state index is -0.259. The molecule has 1 aromatic rings. The van der Waals surface area contributed by atoms with Crippen LogP contribution < -0.4 is 4.57 Å². The molecule has 22 heavy (non-hydrogen) atoms. The highest BCUT2D eigenvalue weighted by Gasteiger charge is 2.10. The minimum Gasteiger partial charge on any atom is -0.465 e. The summed E-state index contributed by atoms with van der Waals surface area (Å²) in [5, 5.41) is 0.215. The van der Waals surface area contributed by atoms with Crippen molar-refractivity contribution in [3.05, 3.63) is 36.7 Å². The molecule has 0 saturated carbocycles. The topological polar surface area (TPSA) is 56.5 Å². The van der Waals surface area contributed by atoms with Crippen LogP contribution >= 0.6 is 15.9 Å². The number of alkyl halides is 1. The van der Waals surface area contributed by atoms with Crippen molar-refractivity contribution in [2.75, 3.05) is 18.5 Å². The summed E-state index contributed by atoms with van der Waals surface area (Å²) in [6, 6.07) is 3.82. The molecule has 0 aliphatic rings. The molecule has 0 radical (unpaired) electrons. The molecule has 0 aliphatic carbocycles. The van der Waals surface area contributed by atoms with Crippen LogP contribution in [0.5, 0.6) is 0 Å². The molecule has 5 nitrogen and oxygen atoms in total. The Morgan fingerprint density at radius 2 is 1.91 bits per heavy atom. The van der Waals surface area contributed by atoms with Gasteiger partial charge in [0.1, 0.15) is 5.33 Å². The van der Waals surface area contributed by atoms with Gasteiger partial charge < -0.3 is 9.47 Å². The van der Waals surface area contributed by atoms with Crippen LogP contribution in [0.15, 0.2) is 31.1 Å². The number of carbonyl (C=O) groups excluding carboxylic acids is 2. The highest BCUT2D eigenvalue weighted by molar-refractivity contribution is 9.09. The largest absolute Gasteiger partial charge is 0.465 e. The van der Waals surface area contributed by atoms with E-state index in [-0.39, 0.29) is 23.8 Å². The molecule has 1 aromatic heterocycles. The monoisotopic (exact) mass is 370 g/mol. The Balaban J connectivity index is 2.40. The van der Waals surface area contributed by atoms with Crippen LogP contribution in [0.25, 0.3) is 5.57 Å². The van der Waals surface area contributed by atoms with Crippen LogP contribution in [-0.4, -0.2) is 30.5 Å². The van der Waals surface area contributed by atoms with E-state index in [4.69, 9.17) is 9.47 Å². The smallest absolute Gasteiger partial charge is 0.372 e. The maximum Gasteiger partial charge on any atom is 0.372 e. The first-order chi connectivity index (χ1) is 10.6. The molecule has 0 aliphatic heterocycles. The molecule has 0 saturated heterocycles. The number of aromatic nitrogens is 1. The number of carbonyl (C=O) groups is 2. The fraction of sp³-hybridized carbons (Fsp3) is 0.438. The first kappa shape index (κ1) is 18.4. The Morgan fingerprint density at radius 1 is 1.23 bits per heavy atom. The van der Waals surface area contributed by atoms with E-state index in [1.807, 2.05) is 24.5 Å². The molecule has 0 bridgehead atoms. The zero-order valence-corrected chi connectivity index (χ0v) is 14.3. The molecule has 0 N–H and O–H groups in total. The van der Waals surface area contributed by atoms with Crippen molar-refractivity contribution in [1.29, 1.82) is 0 Å². The summed E-state index contributed by atoms with van der Waals surface area (Å²) < 4.78 is 11.6. The van der Waals surface area contributed by atoms with Crippen LogP contribution in [0, 0.1) is 0 Å². The highest BCUT2D eigenvalue weighted by Crippen LogP contribution is 2.16. The minimum absolute atomic E-state index is 0.198. The number of allylic oxidation sites excluding steroid dienone is 1. The summed E-state index contributed by atoms with van der Waals surface area (Å²) >= 11 is 3.04. The van der Waals surface area contributed by atoms with Crippen molar-refractivity contribution >= 4 is 33.4 Å². The van der Waals surface area contributed by atoms with Crippen molar-refractivity contribution in [3.63, 3.8) is 0 Å². The van der Waals surface area contributed by atoms with E-state index in [1.165, 1.54) is 0 Å². The zero-order chi connectivity index (χ0) is 16.4. The third-order valence-electron chi connectivity index (χ3n) is 2.91. The number of esters is 2. The van der Waals surface area contributed by atoms with Crippen molar-refractivity contribution in [2.45, 2.75) is 26.3 Å². The van der Waals surface area contributed by atoms with Crippen LogP contribution in [-0.2, 0) is 25.6 Å². The molecule has 0 spiro atoms. The summed E-state index contributed by atoms with van der Waals surface area (Å²) in [7, 11) is 0. The summed E-state index contributed by atoms with van der Waals surface area (Å²) in [4.78, 5) is 22.3. The number of nitrogens with zero attached hydrogens (tertiary/aromatic N) is 1. The molecule has 0 amide bonds. The molecule has 0 fully saturated rings. The first-order valence-electron chi connectivity index (χ1n) is 7.11. The van der Waals surface area contributed by atoms with Gasteiger partial charge in [-0.05, 0) is 30.9 Å². The molecule has 0 aromatic carbocycles. The van der Waals surface area contributed by atoms with E-state index >= 15 is 0 Å². The van der Waals surface area contributed by atoms with Gasteiger partial charge in [-0.3, -0.25) is 4.79 Å². The van der Waals surface area contributed by atoms with Gasteiger partial charge in [-0.15, -0.1) is 0 Å². The average molecular weight is 371 g/mol. The van der Waals surface area contributed by atoms with Crippen molar-refractivity contribution in [3.8, 4) is 0 Å². The lowest BCUT2D eigenvalue weighted by molar-refractivity contribution is -0.686. The Kier molecular flexibility index (Phi) is 8.43. The van der Waals surface area contributed by atoms with Gasteiger partial charge in [0.15, 0.2) is 12.4 Å². The second kappa shape index (κ2) is 10.1. The number of ether oxygens (including phenoxy) is 2. The van der Waals surface area contributed by atoms with Crippen LogP contribution in [0.3, 0.4) is 0 Å². The molecular formula is C16H21BrNO4+. The SMILES string of the molecule is C=C(CCCOC(=O)CBr)c1cc[n+](CC(=O)OCC)cc1. The first-order valence-corrected chi connectivity index (χ1v) is 8.23. The van der Waals surface area contributed by atoms with Gasteiger partial charge in [0, 0.05) is 12.1 Å². The Labute approximate surface area is 139 Å². The average Bonchev–Trinajstić information content (AvgIpc) is 2.52. The number of rotatable bonds is 9. The van der Waals surface area contributed by atoms with Crippen molar-refractivity contribution < 1.29 is 23.6 Å². The van der Waals surface area contributed by atoms with E-state index in [0.717, 1.165) is 24.0 Å². The summed E-state index contributed by atoms with van der Waals surface area (Å²) in [6.45, 7) is 6.78. The van der Waals surface area contributed by atoms with Crippen LogP contribution in [0.1, 0.15) is 25.3 Å². The maximum absolute atomic E-state index is 11.4. The standard InChI is InChI=1S/C16H21BrNO4/c1-3-21-16(20)12-18-8-6-14(7-9-18)13(2)5-4-10-22-15(19)11-17/h6-9H,2-5,10-12H2,1H3/q+1. The van der Waals surface area contributed by atoms with Crippen LogP contribution in [0.2, 0.25) is 0 Å². The third-order valence-corrected chi connectivity index (χ3v) is 3.37. The molecule has 120 valence electrons. The highest BCUT2D eigenvalue weighted by atomic mass is 79.9. The number of halogens is 1. The van der Waals surface area contributed by atoms with E-state index in [0.29, 0.717) is 13.2 Å². The summed E-state index contributed by atoms with van der Waals surface area (Å²) in [5.74, 6) is -0.516. The molecule has 1 heterocycles. The quantitative estimate of drug-likeness (QED) is 0.289. The lowest BCUT2D eigenvalue weighted by atomic mass is 10.0. The Morgan fingerprint density at radius 3 is 2.50 bits per heavy atom. The second-order valence-corrected chi connectivity index (χ2v) is 5.19. The fourth-order valence-electron chi connectivity index (χ4n) is 1.81. The third kappa shape index (κ3) is 6.85. The molecule has 6 heteroatoms. The zero-order valence-electron chi connectivity index (χ0n) is 12.7. The van der Waals surface area contributed by atoms with Gasteiger partial charge in [0.05, 0.1) is 13.2 Å². The predicted octanol–water partition coefficient (Wildman–Crippen LogP) is 2.27. The number of hydrogen-bond donors (Lipinski definition) is 0. The predicted molar refractivity (Wildman–Crippen MR) is 86.3 cm³/mol. The van der Waals surface area contributed by atoms with Gasteiger partial charge in [-0.2, -0.15) is 4.57 Å². The van der Waals surface area contributed by atoms with Gasteiger partial charge in [0.25, 0.3) is 0 Å². The second-order valence-electron chi connectivity index (χ2n) is 4.63. The fourth-order valence-corrected chi connectivity index (χ4v) is 1.97. The Bertz CT molecular complexity index is 513. The van der Waals surface area contributed by atoms with Crippen molar-refractivity contribution in [2.24, 2.45) is 0 Å². The lowest BCUT2D eigenvalue weighted by Gasteiger charge is -2.06. The molecular weight excluding hydrogens is 350 g/mol. The van der Waals surface area contributed by atoms with Crippen LogP contribution in [0.4, 0.5) is 0 Å². The maximum atomic E-state index is 11.4. The van der Waals surface area contributed by atoms with E-state index in [2.05, 4.69) is 22.5 Å². The number of pyridine rings is 1. The van der Waals surface area contributed by atoms with Gasteiger partial charge in [0.2, 0.25) is 6.54 Å². The van der Waals surface area contributed by atoms with Gasteiger partial charge in [-0.1, -0.05) is 22.5 Å². The molecule has 0 unspecified atom stereocenters. The van der Waals surface area contributed by atoms with E-state index in [1.54, 1.807) is 11.5 Å². The summed E-state index contributed by atoms with van der Waals surface area (Å²) in [6.07, 6.45) is 5.12. The lowest BCUT2D eigenvalue weighted by Crippen LogP contribution is -2.37. The normalized spacial score (nSPS) is 10.1.